The van der Waals surface area contributed by atoms with Gasteiger partial charge in [0.15, 0.2) is 0 Å². The van der Waals surface area contributed by atoms with Crippen molar-refractivity contribution in [1.29, 1.82) is 0 Å². The van der Waals surface area contributed by atoms with E-state index in [0.29, 0.717) is 13.1 Å². The molecule has 1 aromatic heterocycles. The van der Waals surface area contributed by atoms with Crippen molar-refractivity contribution in [3.05, 3.63) is 59.2 Å². The van der Waals surface area contributed by atoms with Gasteiger partial charge in [-0.05, 0) is 18.6 Å². The summed E-state index contributed by atoms with van der Waals surface area (Å²) in [5.74, 6) is 0.856. The Hall–Kier alpha value is -1.79. The van der Waals surface area contributed by atoms with Crippen LogP contribution in [0.4, 0.5) is 0 Å². The highest BCUT2D eigenvalue weighted by molar-refractivity contribution is 7.88. The van der Waals surface area contributed by atoms with Crippen LogP contribution in [0.5, 0.6) is 0 Å². The summed E-state index contributed by atoms with van der Waals surface area (Å²) >= 11 is 0. The van der Waals surface area contributed by atoms with Crippen LogP contribution in [0.25, 0.3) is 0 Å². The van der Waals surface area contributed by atoms with Gasteiger partial charge < -0.3 is 0 Å². The Balaban J connectivity index is 1.77. The molecule has 3 rings (SSSR count). The zero-order chi connectivity index (χ0) is 15.7. The second-order valence-corrected chi connectivity index (χ2v) is 7.78. The van der Waals surface area contributed by atoms with Gasteiger partial charge in [0.2, 0.25) is 10.0 Å². The molecule has 6 heteroatoms. The number of nitrogens with zero attached hydrogens (tertiary/aromatic N) is 3. The van der Waals surface area contributed by atoms with E-state index < -0.39 is 10.0 Å². The third-order valence-electron chi connectivity index (χ3n) is 3.83. The fraction of sp³-hybridized carbons (Fsp3) is 0.375. The highest BCUT2D eigenvalue weighted by Gasteiger charge is 2.36. The standard InChI is InChI=1S/C16H19N3O2S/c1-12-8-15(9-13-6-4-3-5-7-13)18-16(17-12)14-10-19(11-14)22(2,20)21/h3-8,14H,9-11H2,1-2H3. The molecule has 0 atom stereocenters. The Labute approximate surface area is 131 Å². The van der Waals surface area contributed by atoms with E-state index in [1.54, 1.807) is 0 Å². The van der Waals surface area contributed by atoms with Crippen LogP contribution in [0, 0.1) is 6.92 Å². The van der Waals surface area contributed by atoms with Crippen LogP contribution in [0.2, 0.25) is 0 Å². The van der Waals surface area contributed by atoms with Crippen molar-refractivity contribution in [1.82, 2.24) is 14.3 Å². The summed E-state index contributed by atoms with van der Waals surface area (Å²) in [6.07, 6.45) is 2.00. The normalized spacial score (nSPS) is 16.5. The van der Waals surface area contributed by atoms with E-state index in [9.17, 15) is 8.42 Å². The molecule has 0 unspecified atom stereocenters. The zero-order valence-corrected chi connectivity index (χ0v) is 13.5. The Morgan fingerprint density at radius 1 is 1.18 bits per heavy atom. The van der Waals surface area contributed by atoms with Crippen molar-refractivity contribution in [2.24, 2.45) is 0 Å². The molecular weight excluding hydrogens is 298 g/mol. The van der Waals surface area contributed by atoms with Gasteiger partial charge in [0.1, 0.15) is 5.82 Å². The first-order valence-electron chi connectivity index (χ1n) is 7.25. The minimum absolute atomic E-state index is 0.101. The lowest BCUT2D eigenvalue weighted by Gasteiger charge is -2.36. The van der Waals surface area contributed by atoms with Crippen molar-refractivity contribution < 1.29 is 8.42 Å². The van der Waals surface area contributed by atoms with E-state index in [4.69, 9.17) is 0 Å². The van der Waals surface area contributed by atoms with Gasteiger partial charge in [-0.15, -0.1) is 0 Å². The van der Waals surface area contributed by atoms with Crippen molar-refractivity contribution in [2.45, 2.75) is 19.3 Å². The average Bonchev–Trinajstić information content (AvgIpc) is 2.35. The van der Waals surface area contributed by atoms with Crippen LogP contribution in [0.15, 0.2) is 36.4 Å². The first-order valence-corrected chi connectivity index (χ1v) is 9.10. The summed E-state index contributed by atoms with van der Waals surface area (Å²) < 4.78 is 24.4. The summed E-state index contributed by atoms with van der Waals surface area (Å²) in [6, 6.07) is 12.2. The number of hydrogen-bond acceptors (Lipinski definition) is 4. The fourth-order valence-electron chi connectivity index (χ4n) is 2.61. The quantitative estimate of drug-likeness (QED) is 0.861. The minimum atomic E-state index is -3.10. The first kappa shape index (κ1) is 15.1. The maximum atomic E-state index is 11.5. The largest absolute Gasteiger partial charge is 0.238 e. The van der Waals surface area contributed by atoms with Crippen molar-refractivity contribution in [2.75, 3.05) is 19.3 Å². The van der Waals surface area contributed by atoms with E-state index in [2.05, 4.69) is 22.1 Å². The van der Waals surface area contributed by atoms with Gasteiger partial charge in [-0.2, -0.15) is 0 Å². The molecule has 0 N–H and O–H groups in total. The molecule has 1 aliphatic rings. The molecule has 1 aliphatic heterocycles. The Kier molecular flexibility index (Phi) is 3.97. The molecule has 22 heavy (non-hydrogen) atoms. The molecule has 0 spiro atoms. The van der Waals surface area contributed by atoms with Crippen LogP contribution >= 0.6 is 0 Å². The van der Waals surface area contributed by atoms with Crippen LogP contribution in [0.1, 0.15) is 28.7 Å². The first-order chi connectivity index (χ1) is 10.4. The minimum Gasteiger partial charge on any atom is -0.238 e. The van der Waals surface area contributed by atoms with Crippen LogP contribution in [-0.2, 0) is 16.4 Å². The highest BCUT2D eigenvalue weighted by atomic mass is 32.2. The summed E-state index contributed by atoms with van der Waals surface area (Å²) in [4.78, 5) is 9.12. The lowest BCUT2D eigenvalue weighted by molar-refractivity contribution is 0.257. The SMILES string of the molecule is Cc1cc(Cc2ccccc2)nc(C2CN(S(C)(=O)=O)C2)n1. The van der Waals surface area contributed by atoms with E-state index >= 15 is 0 Å². The third-order valence-corrected chi connectivity index (χ3v) is 5.07. The van der Waals surface area contributed by atoms with Gasteiger partial charge in [0.05, 0.1) is 6.26 Å². The van der Waals surface area contributed by atoms with Crippen molar-refractivity contribution in [3.63, 3.8) is 0 Å². The molecule has 0 radical (unpaired) electrons. The smallest absolute Gasteiger partial charge is 0.211 e. The molecular formula is C16H19N3O2S. The molecule has 1 fully saturated rings. The molecule has 0 amide bonds. The number of benzene rings is 1. The van der Waals surface area contributed by atoms with Crippen molar-refractivity contribution in [3.8, 4) is 0 Å². The highest BCUT2D eigenvalue weighted by Crippen LogP contribution is 2.27. The van der Waals surface area contributed by atoms with E-state index in [-0.39, 0.29) is 5.92 Å². The second kappa shape index (κ2) is 5.78. The lowest BCUT2D eigenvalue weighted by Crippen LogP contribution is -2.48. The summed E-state index contributed by atoms with van der Waals surface area (Å²) in [5.41, 5.74) is 3.11. The van der Waals surface area contributed by atoms with E-state index in [1.807, 2.05) is 31.2 Å². The van der Waals surface area contributed by atoms with Gasteiger partial charge >= 0.3 is 0 Å². The van der Waals surface area contributed by atoms with Gasteiger partial charge in [0.25, 0.3) is 0 Å². The number of rotatable bonds is 4. The Morgan fingerprint density at radius 2 is 1.86 bits per heavy atom. The maximum Gasteiger partial charge on any atom is 0.211 e. The molecule has 1 aromatic carbocycles. The topological polar surface area (TPSA) is 63.2 Å². The number of sulfonamides is 1. The monoisotopic (exact) mass is 317 g/mol. The van der Waals surface area contributed by atoms with Gasteiger partial charge in [-0.25, -0.2) is 22.7 Å². The molecule has 0 bridgehead atoms. The average molecular weight is 317 g/mol. The molecule has 2 heterocycles. The fourth-order valence-corrected chi connectivity index (χ4v) is 3.51. The van der Waals surface area contributed by atoms with Crippen LogP contribution in [0.3, 0.4) is 0 Å². The van der Waals surface area contributed by atoms with Gasteiger partial charge in [-0.3, -0.25) is 0 Å². The summed E-state index contributed by atoms with van der Waals surface area (Å²) in [5, 5.41) is 0. The molecule has 0 aliphatic carbocycles. The predicted molar refractivity (Wildman–Crippen MR) is 85.2 cm³/mol. The molecule has 1 saturated heterocycles. The molecule has 0 saturated carbocycles. The zero-order valence-electron chi connectivity index (χ0n) is 12.7. The van der Waals surface area contributed by atoms with E-state index in [1.165, 1.54) is 16.1 Å². The second-order valence-electron chi connectivity index (χ2n) is 5.80. The number of hydrogen-bond donors (Lipinski definition) is 0. The molecule has 116 valence electrons. The number of aryl methyl sites for hydroxylation is 1. The van der Waals surface area contributed by atoms with Gasteiger partial charge in [-0.1, -0.05) is 30.3 Å². The third kappa shape index (κ3) is 3.34. The van der Waals surface area contributed by atoms with Crippen molar-refractivity contribution >= 4 is 10.0 Å². The van der Waals surface area contributed by atoms with E-state index in [0.717, 1.165) is 23.6 Å². The Morgan fingerprint density at radius 3 is 2.50 bits per heavy atom. The molecule has 5 nitrogen and oxygen atoms in total. The Bertz CT molecular complexity index is 769. The lowest BCUT2D eigenvalue weighted by atomic mass is 10.0. The van der Waals surface area contributed by atoms with Crippen LogP contribution in [-0.4, -0.2) is 42.0 Å². The summed E-state index contributed by atoms with van der Waals surface area (Å²) in [7, 11) is -3.10. The van der Waals surface area contributed by atoms with Crippen LogP contribution < -0.4 is 0 Å². The molecule has 2 aromatic rings. The number of aromatic nitrogens is 2. The summed E-state index contributed by atoms with van der Waals surface area (Å²) in [6.45, 7) is 2.91. The predicted octanol–water partition coefficient (Wildman–Crippen LogP) is 1.73. The maximum absolute atomic E-state index is 11.5. The van der Waals surface area contributed by atoms with Gasteiger partial charge in [0, 0.05) is 36.8 Å².